The van der Waals surface area contributed by atoms with Gasteiger partial charge in [0.2, 0.25) is 0 Å². The molecule has 0 radical (unpaired) electrons. The van der Waals surface area contributed by atoms with E-state index in [1.165, 1.54) is 44.1 Å². The van der Waals surface area contributed by atoms with E-state index in [0.29, 0.717) is 60.0 Å². The topological polar surface area (TPSA) is 88.1 Å². The molecule has 0 amide bonds. The third kappa shape index (κ3) is 12.2. The van der Waals surface area contributed by atoms with Gasteiger partial charge in [-0.3, -0.25) is 0 Å². The van der Waals surface area contributed by atoms with E-state index < -0.39 is 17.9 Å². The van der Waals surface area contributed by atoms with Crippen LogP contribution < -0.4 is 14.2 Å². The summed E-state index contributed by atoms with van der Waals surface area (Å²) in [5.74, 6) is 0.0204. The minimum absolute atomic E-state index is 0.313. The first-order valence-electron chi connectivity index (χ1n) is 15.0. The fraction of sp³-hybridized carbons (Fsp3) is 0.361. The molecule has 0 aliphatic rings. The summed E-state index contributed by atoms with van der Waals surface area (Å²) in [7, 11) is 0. The molecular weight excluding hydrogens is 544 g/mol. The van der Waals surface area contributed by atoms with Crippen LogP contribution in [0.4, 0.5) is 0 Å². The van der Waals surface area contributed by atoms with E-state index in [9.17, 15) is 14.4 Å². The van der Waals surface area contributed by atoms with Gasteiger partial charge in [-0.05, 0) is 98.8 Å². The Balaban J connectivity index is 1.38. The summed E-state index contributed by atoms with van der Waals surface area (Å²) < 4.78 is 21.7. The summed E-state index contributed by atoms with van der Waals surface area (Å²) in [6.07, 6.45) is 9.96. The highest BCUT2D eigenvalue weighted by Gasteiger charge is 2.12. The number of carbonyl (C=O) groups is 3. The molecule has 0 bridgehead atoms. The number of hydrogen-bond acceptors (Lipinski definition) is 7. The van der Waals surface area contributed by atoms with Gasteiger partial charge in [-0.15, -0.1) is 0 Å². The van der Waals surface area contributed by atoms with Crippen molar-refractivity contribution in [2.24, 2.45) is 0 Å². The first-order valence-corrected chi connectivity index (χ1v) is 15.0. The molecule has 3 rings (SSSR count). The molecule has 0 aromatic heterocycles. The highest BCUT2D eigenvalue weighted by atomic mass is 16.5. The summed E-state index contributed by atoms with van der Waals surface area (Å²) >= 11 is 0. The van der Waals surface area contributed by atoms with Crippen molar-refractivity contribution in [3.8, 4) is 17.2 Å². The molecule has 3 aromatic carbocycles. The molecular formula is C36H42O7. The van der Waals surface area contributed by atoms with Gasteiger partial charge in [0, 0.05) is 5.57 Å². The van der Waals surface area contributed by atoms with E-state index in [1.807, 2.05) is 24.3 Å². The predicted octanol–water partition coefficient (Wildman–Crippen LogP) is 8.31. The van der Waals surface area contributed by atoms with Crippen LogP contribution in [0.2, 0.25) is 0 Å². The molecule has 0 atom stereocenters. The van der Waals surface area contributed by atoms with Crippen LogP contribution in [0, 0.1) is 0 Å². The molecule has 0 heterocycles. The normalized spacial score (nSPS) is 10.6. The van der Waals surface area contributed by atoms with Gasteiger partial charge in [-0.1, -0.05) is 57.7 Å². The van der Waals surface area contributed by atoms with Crippen molar-refractivity contribution >= 4 is 17.9 Å². The van der Waals surface area contributed by atoms with E-state index in [1.54, 1.807) is 55.5 Å². The van der Waals surface area contributed by atoms with Gasteiger partial charge in [-0.25, -0.2) is 14.4 Å². The Kier molecular flexibility index (Phi) is 14.0. The SMILES string of the molecule is C=C(C)C(=O)OCCCCOc1ccc(C(=O)Oc2ccc(C(=O)Oc3ccc(CCCCCCCC)cc3)cc2)cc1. The largest absolute Gasteiger partial charge is 0.494 e. The second kappa shape index (κ2) is 18.2. The zero-order valence-electron chi connectivity index (χ0n) is 25.3. The highest BCUT2D eigenvalue weighted by molar-refractivity contribution is 5.92. The minimum Gasteiger partial charge on any atom is -0.494 e. The van der Waals surface area contributed by atoms with Gasteiger partial charge >= 0.3 is 17.9 Å². The van der Waals surface area contributed by atoms with E-state index in [4.69, 9.17) is 18.9 Å². The summed E-state index contributed by atoms with van der Waals surface area (Å²) in [6, 6.07) is 20.5. The maximum atomic E-state index is 12.6. The van der Waals surface area contributed by atoms with Crippen LogP contribution >= 0.6 is 0 Å². The van der Waals surface area contributed by atoms with E-state index in [2.05, 4.69) is 13.5 Å². The molecule has 0 saturated carbocycles. The number of benzene rings is 3. The van der Waals surface area contributed by atoms with Crippen molar-refractivity contribution in [2.75, 3.05) is 13.2 Å². The quantitative estimate of drug-likeness (QED) is 0.0641. The Bertz CT molecular complexity index is 1310. The van der Waals surface area contributed by atoms with Crippen molar-refractivity contribution < 1.29 is 33.3 Å². The molecule has 43 heavy (non-hydrogen) atoms. The molecule has 0 aliphatic carbocycles. The molecule has 3 aromatic rings. The van der Waals surface area contributed by atoms with Gasteiger partial charge < -0.3 is 18.9 Å². The smallest absolute Gasteiger partial charge is 0.343 e. The van der Waals surface area contributed by atoms with Crippen molar-refractivity contribution in [3.05, 3.63) is 102 Å². The first-order chi connectivity index (χ1) is 20.9. The van der Waals surface area contributed by atoms with Crippen LogP contribution in [0.15, 0.2) is 84.9 Å². The summed E-state index contributed by atoms with van der Waals surface area (Å²) in [6.45, 7) is 8.14. The summed E-state index contributed by atoms with van der Waals surface area (Å²) in [4.78, 5) is 36.5. The van der Waals surface area contributed by atoms with Crippen LogP contribution in [0.25, 0.3) is 0 Å². The van der Waals surface area contributed by atoms with Crippen LogP contribution in [0.3, 0.4) is 0 Å². The Morgan fingerprint density at radius 1 is 0.605 bits per heavy atom. The molecule has 0 fully saturated rings. The number of ether oxygens (including phenoxy) is 4. The number of esters is 3. The molecule has 0 spiro atoms. The predicted molar refractivity (Wildman–Crippen MR) is 167 cm³/mol. The van der Waals surface area contributed by atoms with Crippen LogP contribution in [0.5, 0.6) is 17.2 Å². The van der Waals surface area contributed by atoms with E-state index >= 15 is 0 Å². The van der Waals surface area contributed by atoms with Gasteiger partial charge in [0.25, 0.3) is 0 Å². The van der Waals surface area contributed by atoms with Gasteiger partial charge in [-0.2, -0.15) is 0 Å². The van der Waals surface area contributed by atoms with Crippen molar-refractivity contribution in [1.82, 2.24) is 0 Å². The third-order valence-electron chi connectivity index (χ3n) is 6.73. The Morgan fingerprint density at radius 2 is 1.09 bits per heavy atom. The average Bonchev–Trinajstić information content (AvgIpc) is 3.01. The second-order valence-electron chi connectivity index (χ2n) is 10.5. The number of carbonyl (C=O) groups excluding carboxylic acids is 3. The minimum atomic E-state index is -0.526. The zero-order valence-corrected chi connectivity index (χ0v) is 25.3. The molecule has 0 unspecified atom stereocenters. The lowest BCUT2D eigenvalue weighted by atomic mass is 10.0. The van der Waals surface area contributed by atoms with Gasteiger partial charge in [0.15, 0.2) is 0 Å². The van der Waals surface area contributed by atoms with Crippen molar-refractivity contribution in [1.29, 1.82) is 0 Å². The van der Waals surface area contributed by atoms with Gasteiger partial charge in [0.05, 0.1) is 24.3 Å². The molecule has 0 aliphatic heterocycles. The molecule has 0 N–H and O–H groups in total. The maximum Gasteiger partial charge on any atom is 0.343 e. The average molecular weight is 587 g/mol. The van der Waals surface area contributed by atoms with Gasteiger partial charge in [0.1, 0.15) is 17.2 Å². The number of aryl methyl sites for hydroxylation is 1. The monoisotopic (exact) mass is 586 g/mol. The molecule has 7 heteroatoms. The molecule has 7 nitrogen and oxygen atoms in total. The number of unbranched alkanes of at least 4 members (excludes halogenated alkanes) is 6. The van der Waals surface area contributed by atoms with Crippen LogP contribution in [0.1, 0.15) is 91.5 Å². The number of rotatable bonds is 18. The Hall–Kier alpha value is -4.39. The van der Waals surface area contributed by atoms with E-state index in [-0.39, 0.29) is 0 Å². The summed E-state index contributed by atoms with van der Waals surface area (Å²) in [5.41, 5.74) is 2.33. The fourth-order valence-corrected chi connectivity index (χ4v) is 4.19. The second-order valence-corrected chi connectivity index (χ2v) is 10.5. The Morgan fingerprint density at radius 3 is 1.65 bits per heavy atom. The summed E-state index contributed by atoms with van der Waals surface area (Å²) in [5, 5.41) is 0. The fourth-order valence-electron chi connectivity index (χ4n) is 4.19. The number of hydrogen-bond donors (Lipinski definition) is 0. The van der Waals surface area contributed by atoms with Crippen molar-refractivity contribution in [3.63, 3.8) is 0 Å². The lowest BCUT2D eigenvalue weighted by Gasteiger charge is -2.09. The first kappa shape index (κ1) is 33.1. The lowest BCUT2D eigenvalue weighted by Crippen LogP contribution is -2.10. The molecule has 228 valence electrons. The molecule has 0 saturated heterocycles. The van der Waals surface area contributed by atoms with Crippen LogP contribution in [-0.2, 0) is 16.0 Å². The highest BCUT2D eigenvalue weighted by Crippen LogP contribution is 2.20. The van der Waals surface area contributed by atoms with Crippen LogP contribution in [-0.4, -0.2) is 31.1 Å². The maximum absolute atomic E-state index is 12.6. The van der Waals surface area contributed by atoms with Crippen molar-refractivity contribution in [2.45, 2.75) is 71.6 Å². The van der Waals surface area contributed by atoms with E-state index in [0.717, 1.165) is 6.42 Å². The Labute approximate surface area is 254 Å². The zero-order chi connectivity index (χ0) is 30.9. The standard InChI is InChI=1S/C36H42O7/c1-4-5-6-7-8-9-12-28-13-19-32(20-14-28)42-36(39)30-17-23-33(24-18-30)43-35(38)29-15-21-31(22-16-29)40-25-10-11-26-41-34(37)27(2)3/h13-24H,2,4-12,25-26H2,1,3H3. The lowest BCUT2D eigenvalue weighted by molar-refractivity contribution is -0.139. The third-order valence-corrected chi connectivity index (χ3v) is 6.73.